The average molecular weight is 998 g/mol. The molecule has 63 heavy (non-hydrogen) atoms. The van der Waals surface area contributed by atoms with Gasteiger partial charge in [-0.1, -0.05) is 65.9 Å². The van der Waals surface area contributed by atoms with Gasteiger partial charge < -0.3 is 16.0 Å². The van der Waals surface area contributed by atoms with Crippen molar-refractivity contribution in [1.82, 2.24) is 10.2 Å². The van der Waals surface area contributed by atoms with Crippen LogP contribution < -0.4 is 26.2 Å². The lowest BCUT2D eigenvalue weighted by Crippen LogP contribution is -2.33. The van der Waals surface area contributed by atoms with Gasteiger partial charge in [0, 0.05) is 53.4 Å². The van der Waals surface area contributed by atoms with Gasteiger partial charge in [0.1, 0.15) is 22.1 Å². The molecule has 2 saturated carbocycles. The molecule has 0 radical (unpaired) electrons. The number of primary sulfonamides is 2. The Morgan fingerprint density at radius 1 is 0.730 bits per heavy atom. The molecular formula is C44H53BrN8O6S4. The molecule has 2 aromatic carbocycles. The minimum absolute atomic E-state index is 0.00172. The third-order valence-electron chi connectivity index (χ3n) is 11.7. The Kier molecular flexibility index (Phi) is 17.1. The number of nitrogens with zero attached hydrogens (tertiary/aromatic N) is 3. The van der Waals surface area contributed by atoms with Gasteiger partial charge in [0.05, 0.1) is 33.8 Å². The monoisotopic (exact) mass is 996 g/mol. The first-order valence-corrected chi connectivity index (χ1v) is 26.9. The molecule has 0 spiro atoms. The fourth-order valence-corrected chi connectivity index (χ4v) is 12.4. The second-order valence-electron chi connectivity index (χ2n) is 16.3. The number of rotatable bonds is 11. The molecule has 19 heteroatoms. The van der Waals surface area contributed by atoms with E-state index in [-0.39, 0.29) is 34.4 Å². The number of sulfonamides is 2. The number of amides is 2. The SMILES string of the molecule is BrCC1CCCC1.N#Cc1c(NC(=O)Cc2ccc(S(N)(=O)=O)cc2)sc2c1CN(CC1CCCC1)CC2.N#Cc1c(NC(=O)Cc2ccc(S(N)(=O)=O)cc2)sc2c1CNCC2. The summed E-state index contributed by atoms with van der Waals surface area (Å²) in [5.41, 5.74) is 4.45. The number of halogens is 1. The number of fused-ring (bicyclic) bond motifs is 2. The van der Waals surface area contributed by atoms with E-state index >= 15 is 0 Å². The molecule has 0 unspecified atom stereocenters. The highest BCUT2D eigenvalue weighted by Crippen LogP contribution is 2.38. The van der Waals surface area contributed by atoms with Gasteiger partial charge in [0.25, 0.3) is 0 Å². The third kappa shape index (κ3) is 13.5. The van der Waals surface area contributed by atoms with Crippen molar-refractivity contribution in [1.29, 1.82) is 10.5 Å². The summed E-state index contributed by atoms with van der Waals surface area (Å²) in [7, 11) is -7.51. The maximum absolute atomic E-state index is 12.6. The zero-order chi connectivity index (χ0) is 45.1. The molecule has 2 aliphatic heterocycles. The third-order valence-corrected chi connectivity index (χ3v) is 16.9. The van der Waals surface area contributed by atoms with Crippen molar-refractivity contribution in [2.45, 2.75) is 99.9 Å². The summed E-state index contributed by atoms with van der Waals surface area (Å²) >= 11 is 6.42. The number of carbonyl (C=O) groups is 2. The van der Waals surface area contributed by atoms with Crippen LogP contribution in [0.25, 0.3) is 0 Å². The number of nitriles is 2. The maximum Gasteiger partial charge on any atom is 0.238 e. The molecule has 0 saturated heterocycles. The minimum atomic E-state index is -3.76. The number of nitrogens with one attached hydrogen (secondary N) is 3. The van der Waals surface area contributed by atoms with Crippen LogP contribution in [-0.4, -0.2) is 58.5 Å². The van der Waals surface area contributed by atoms with Crippen molar-refractivity contribution in [3.8, 4) is 12.1 Å². The standard InChI is InChI=1S/C22H26N4O3S2.C16H16N4O3S2.C6H11Br/c23-12-18-19-14-26(13-16-3-1-2-4-16)10-9-20(19)30-22(18)25-21(27)11-15-5-7-17(8-6-15)31(24,28)29;17-8-12-13-9-19-6-5-14(13)24-16(12)20-15(21)7-10-1-3-11(4-2-10)25(18,22)23;7-5-6-3-1-2-4-6/h5-8,16H,1-4,9-11,13-14H2,(H,25,27)(H2,24,28,29);1-4,19H,5-7,9H2,(H,20,21)(H2,18,22,23);6H,1-5H2. The van der Waals surface area contributed by atoms with Gasteiger partial charge in [-0.2, -0.15) is 10.5 Å². The molecule has 7 N–H and O–H groups in total. The van der Waals surface area contributed by atoms with Gasteiger partial charge in [-0.3, -0.25) is 14.5 Å². The van der Waals surface area contributed by atoms with Crippen LogP contribution in [0.3, 0.4) is 0 Å². The van der Waals surface area contributed by atoms with Crippen molar-refractivity contribution >= 4 is 80.5 Å². The van der Waals surface area contributed by atoms with E-state index in [9.17, 15) is 36.9 Å². The molecule has 336 valence electrons. The molecule has 8 rings (SSSR count). The summed E-state index contributed by atoms with van der Waals surface area (Å²) in [5.74, 6) is 1.29. The smallest absolute Gasteiger partial charge is 0.238 e. The van der Waals surface area contributed by atoms with Gasteiger partial charge >= 0.3 is 0 Å². The van der Waals surface area contributed by atoms with Gasteiger partial charge in [0.2, 0.25) is 31.9 Å². The molecule has 4 aliphatic rings. The summed E-state index contributed by atoms with van der Waals surface area (Å²) in [5, 5.41) is 40.6. The lowest BCUT2D eigenvalue weighted by molar-refractivity contribution is -0.116. The lowest BCUT2D eigenvalue weighted by Gasteiger charge is -2.29. The Bertz CT molecular complexity index is 2550. The van der Waals surface area contributed by atoms with Gasteiger partial charge in [-0.15, -0.1) is 22.7 Å². The Morgan fingerprint density at radius 3 is 1.63 bits per heavy atom. The lowest BCUT2D eigenvalue weighted by atomic mass is 10.0. The number of nitrogens with two attached hydrogens (primary N) is 2. The summed E-state index contributed by atoms with van der Waals surface area (Å²) in [6.45, 7) is 4.37. The van der Waals surface area contributed by atoms with Crippen LogP contribution in [-0.2, 0) is 68.4 Å². The van der Waals surface area contributed by atoms with E-state index in [1.54, 1.807) is 24.3 Å². The average Bonchev–Trinajstić information content (AvgIpc) is 4.08. The topological polar surface area (TPSA) is 241 Å². The number of anilines is 2. The quantitative estimate of drug-likeness (QED) is 0.100. The van der Waals surface area contributed by atoms with E-state index in [1.807, 2.05) is 0 Å². The highest BCUT2D eigenvalue weighted by molar-refractivity contribution is 9.09. The fourth-order valence-electron chi connectivity index (χ4n) is 8.36. The number of thiophene rings is 2. The highest BCUT2D eigenvalue weighted by Gasteiger charge is 2.28. The van der Waals surface area contributed by atoms with Crippen LogP contribution in [0.2, 0.25) is 0 Å². The van der Waals surface area contributed by atoms with E-state index < -0.39 is 20.0 Å². The maximum atomic E-state index is 12.6. The van der Waals surface area contributed by atoms with Crippen LogP contribution in [0.1, 0.15) is 94.5 Å². The van der Waals surface area contributed by atoms with Gasteiger partial charge in [-0.25, -0.2) is 27.1 Å². The summed E-state index contributed by atoms with van der Waals surface area (Å²) < 4.78 is 45.2. The van der Waals surface area contributed by atoms with Gasteiger partial charge in [0.15, 0.2) is 0 Å². The normalized spacial score (nSPS) is 16.6. The number of hydrogen-bond acceptors (Lipinski definition) is 12. The van der Waals surface area contributed by atoms with Crippen molar-refractivity contribution in [3.05, 3.63) is 91.7 Å². The largest absolute Gasteiger partial charge is 0.316 e. The summed E-state index contributed by atoms with van der Waals surface area (Å²) in [6.07, 6.45) is 13.0. The van der Waals surface area contributed by atoms with Crippen molar-refractivity contribution in [2.75, 3.05) is 35.6 Å². The van der Waals surface area contributed by atoms with Crippen molar-refractivity contribution in [3.63, 3.8) is 0 Å². The molecule has 4 aromatic rings. The molecule has 14 nitrogen and oxygen atoms in total. The predicted octanol–water partition coefficient (Wildman–Crippen LogP) is 6.66. The molecule has 4 heterocycles. The number of alkyl halides is 1. The molecule has 0 atom stereocenters. The van der Waals surface area contributed by atoms with Crippen LogP contribution in [0.4, 0.5) is 10.0 Å². The van der Waals surface area contributed by atoms with E-state index in [1.165, 1.54) is 109 Å². The van der Waals surface area contributed by atoms with Crippen LogP contribution in [0.5, 0.6) is 0 Å². The molecule has 2 fully saturated rings. The molecular weight excluding hydrogens is 945 g/mol. The van der Waals surface area contributed by atoms with Crippen LogP contribution >= 0.6 is 38.6 Å². The predicted molar refractivity (Wildman–Crippen MR) is 250 cm³/mol. The fraction of sp³-hybridized carbons (Fsp3) is 0.455. The minimum Gasteiger partial charge on any atom is -0.316 e. The molecule has 2 aliphatic carbocycles. The second-order valence-corrected chi connectivity index (χ2v) is 22.3. The Morgan fingerprint density at radius 2 is 1.19 bits per heavy atom. The molecule has 2 aromatic heterocycles. The Labute approximate surface area is 386 Å². The summed E-state index contributed by atoms with van der Waals surface area (Å²) in [6, 6.07) is 16.2. The van der Waals surface area contributed by atoms with Gasteiger partial charge in [-0.05, 0) is 91.3 Å². The molecule has 0 bridgehead atoms. The number of carbonyl (C=O) groups excluding carboxylic acids is 2. The van der Waals surface area contributed by atoms with E-state index in [0.29, 0.717) is 38.8 Å². The zero-order valence-electron chi connectivity index (χ0n) is 35.0. The number of benzene rings is 2. The second kappa shape index (κ2) is 22.3. The number of hydrogen-bond donors (Lipinski definition) is 5. The first-order valence-electron chi connectivity index (χ1n) is 21.1. The highest BCUT2D eigenvalue weighted by atomic mass is 79.9. The Hall–Kier alpha value is -4.02. The zero-order valence-corrected chi connectivity index (χ0v) is 39.8. The van der Waals surface area contributed by atoms with E-state index in [0.717, 1.165) is 66.9 Å². The molecule has 2 amide bonds. The van der Waals surface area contributed by atoms with Crippen molar-refractivity contribution in [2.24, 2.45) is 22.1 Å². The summed E-state index contributed by atoms with van der Waals surface area (Å²) in [4.78, 5) is 29.6. The van der Waals surface area contributed by atoms with E-state index in [4.69, 9.17) is 10.3 Å². The first kappa shape index (κ1) is 48.4. The van der Waals surface area contributed by atoms with Crippen LogP contribution in [0, 0.1) is 34.5 Å². The van der Waals surface area contributed by atoms with Crippen molar-refractivity contribution < 1.29 is 26.4 Å². The van der Waals surface area contributed by atoms with E-state index in [2.05, 4.69) is 48.9 Å². The first-order chi connectivity index (χ1) is 30.1. The van der Waals surface area contributed by atoms with Crippen LogP contribution in [0.15, 0.2) is 58.3 Å². The Balaban J connectivity index is 0.000000184.